The zero-order valence-corrected chi connectivity index (χ0v) is 10.9. The molecule has 106 valence electrons. The van der Waals surface area contributed by atoms with E-state index in [0.29, 0.717) is 0 Å². The van der Waals surface area contributed by atoms with E-state index in [1.54, 1.807) is 0 Å². The van der Waals surface area contributed by atoms with Crippen LogP contribution in [0.2, 0.25) is 0 Å². The fraction of sp³-hybridized carbons (Fsp3) is 0.167. The lowest BCUT2D eigenvalue weighted by molar-refractivity contribution is 0.415. The van der Waals surface area contributed by atoms with Gasteiger partial charge in [0.05, 0.1) is 12.8 Å². The number of nitrogens with two attached hydrogens (primary N) is 1. The third kappa shape index (κ3) is 2.59. The first-order chi connectivity index (χ1) is 9.56. The van der Waals surface area contributed by atoms with Crippen molar-refractivity contribution in [3.05, 3.63) is 35.7 Å². The van der Waals surface area contributed by atoms with Gasteiger partial charge < -0.3 is 15.5 Å². The zero-order chi connectivity index (χ0) is 14.7. The van der Waals surface area contributed by atoms with Gasteiger partial charge in [0.2, 0.25) is 5.75 Å². The summed E-state index contributed by atoms with van der Waals surface area (Å²) in [5.74, 6) is 4.72. The van der Waals surface area contributed by atoms with Crippen LogP contribution in [0.4, 0.5) is 26.1 Å². The monoisotopic (exact) mass is 281 g/mol. The summed E-state index contributed by atoms with van der Waals surface area (Å²) in [5.41, 5.74) is 2.48. The second-order valence-corrected chi connectivity index (χ2v) is 3.95. The lowest BCUT2D eigenvalue weighted by Crippen LogP contribution is -2.11. The molecule has 0 amide bonds. The number of hydrogen-bond acceptors (Lipinski definition) is 6. The Labute approximate surface area is 114 Å². The van der Waals surface area contributed by atoms with E-state index < -0.39 is 11.6 Å². The van der Waals surface area contributed by atoms with Crippen LogP contribution in [-0.4, -0.2) is 17.1 Å². The maximum absolute atomic E-state index is 13.8. The van der Waals surface area contributed by atoms with Crippen molar-refractivity contribution < 1.29 is 13.5 Å². The highest BCUT2D eigenvalue weighted by molar-refractivity contribution is 5.69. The van der Waals surface area contributed by atoms with Crippen LogP contribution in [0.3, 0.4) is 0 Å². The molecule has 1 aromatic carbocycles. The normalized spacial score (nSPS) is 10.2. The number of hydrazine groups is 1. The molecule has 0 radical (unpaired) electrons. The van der Waals surface area contributed by atoms with Crippen LogP contribution in [0.15, 0.2) is 18.5 Å². The van der Waals surface area contributed by atoms with Crippen molar-refractivity contribution in [1.29, 1.82) is 0 Å². The first kappa shape index (κ1) is 13.9. The van der Waals surface area contributed by atoms with Crippen LogP contribution in [-0.2, 0) is 0 Å². The Morgan fingerprint density at radius 1 is 1.15 bits per heavy atom. The van der Waals surface area contributed by atoms with Gasteiger partial charge in [0.1, 0.15) is 18.0 Å². The maximum atomic E-state index is 13.8. The predicted octanol–water partition coefficient (Wildman–Crippen LogP) is 2.10. The van der Waals surface area contributed by atoms with Crippen molar-refractivity contribution in [2.45, 2.75) is 6.92 Å². The van der Waals surface area contributed by atoms with E-state index in [-0.39, 0.29) is 28.6 Å². The molecule has 4 N–H and O–H groups in total. The van der Waals surface area contributed by atoms with Crippen LogP contribution in [0, 0.1) is 18.6 Å². The van der Waals surface area contributed by atoms with Crippen molar-refractivity contribution in [3.63, 3.8) is 0 Å². The van der Waals surface area contributed by atoms with E-state index in [0.717, 1.165) is 12.1 Å². The van der Waals surface area contributed by atoms with Gasteiger partial charge in [-0.3, -0.25) is 0 Å². The van der Waals surface area contributed by atoms with Gasteiger partial charge in [-0.05, 0) is 18.6 Å². The molecule has 0 saturated carbocycles. The van der Waals surface area contributed by atoms with Gasteiger partial charge in [-0.25, -0.2) is 24.6 Å². The number of methoxy groups -OCH3 is 1. The molecule has 0 aliphatic rings. The Morgan fingerprint density at radius 2 is 1.85 bits per heavy atom. The minimum Gasteiger partial charge on any atom is -0.490 e. The molecule has 1 heterocycles. The first-order valence-electron chi connectivity index (χ1n) is 5.65. The number of aromatic nitrogens is 2. The molecular formula is C12H13F2N5O. The lowest BCUT2D eigenvalue weighted by Gasteiger charge is -2.13. The molecule has 0 saturated heterocycles. The minimum atomic E-state index is -0.605. The minimum absolute atomic E-state index is 0.0620. The van der Waals surface area contributed by atoms with Crippen LogP contribution < -0.4 is 21.3 Å². The Balaban J connectivity index is 2.42. The molecule has 0 aliphatic heterocycles. The Hall–Kier alpha value is -2.48. The van der Waals surface area contributed by atoms with Gasteiger partial charge in [-0.15, -0.1) is 0 Å². The molecular weight excluding hydrogens is 268 g/mol. The summed E-state index contributed by atoms with van der Waals surface area (Å²) in [7, 11) is 1.39. The molecule has 0 bridgehead atoms. The number of benzene rings is 1. The SMILES string of the molecule is COc1c(NN)ncnc1Nc1cc(F)c(C)cc1F. The summed E-state index contributed by atoms with van der Waals surface area (Å²) in [5, 5.41) is 2.65. The second-order valence-electron chi connectivity index (χ2n) is 3.95. The zero-order valence-electron chi connectivity index (χ0n) is 10.9. The van der Waals surface area contributed by atoms with E-state index in [9.17, 15) is 8.78 Å². The number of rotatable bonds is 4. The summed E-state index contributed by atoms with van der Waals surface area (Å²) in [4.78, 5) is 7.76. The third-order valence-electron chi connectivity index (χ3n) is 2.65. The van der Waals surface area contributed by atoms with Gasteiger partial charge in [-0.2, -0.15) is 0 Å². The van der Waals surface area contributed by atoms with Crippen molar-refractivity contribution in [1.82, 2.24) is 9.97 Å². The molecule has 0 unspecified atom stereocenters. The molecule has 0 aliphatic carbocycles. The molecule has 2 aromatic rings. The van der Waals surface area contributed by atoms with Crippen molar-refractivity contribution in [2.75, 3.05) is 17.9 Å². The molecule has 0 atom stereocenters. The van der Waals surface area contributed by atoms with Crippen LogP contribution in [0.5, 0.6) is 5.75 Å². The maximum Gasteiger partial charge on any atom is 0.205 e. The first-order valence-corrected chi connectivity index (χ1v) is 5.65. The van der Waals surface area contributed by atoms with Crippen molar-refractivity contribution in [3.8, 4) is 5.75 Å². The molecule has 2 rings (SSSR count). The fourth-order valence-electron chi connectivity index (χ4n) is 1.63. The van der Waals surface area contributed by atoms with Crippen molar-refractivity contribution >= 4 is 17.3 Å². The average molecular weight is 281 g/mol. The standard InChI is InChI=1S/C12H13F2N5O/c1-6-3-8(14)9(4-7(6)13)18-11-10(20-2)12(19-15)17-5-16-11/h3-5H,15H2,1-2H3,(H2,16,17,18,19). The van der Waals surface area contributed by atoms with E-state index in [4.69, 9.17) is 10.6 Å². The Morgan fingerprint density at radius 3 is 2.50 bits per heavy atom. The quantitative estimate of drug-likeness (QED) is 0.588. The van der Waals surface area contributed by atoms with Crippen LogP contribution >= 0.6 is 0 Å². The molecule has 0 fully saturated rings. The fourth-order valence-corrected chi connectivity index (χ4v) is 1.63. The summed E-state index contributed by atoms with van der Waals surface area (Å²) in [6, 6.07) is 2.13. The number of anilines is 3. The lowest BCUT2D eigenvalue weighted by atomic mass is 10.2. The number of ether oxygens (including phenoxy) is 1. The van der Waals surface area contributed by atoms with Gasteiger partial charge in [0, 0.05) is 6.07 Å². The van der Waals surface area contributed by atoms with Gasteiger partial charge in [0.15, 0.2) is 11.6 Å². The molecule has 1 aromatic heterocycles. The number of nitrogen functional groups attached to an aromatic ring is 1. The highest BCUT2D eigenvalue weighted by Crippen LogP contribution is 2.31. The number of nitrogens with zero attached hydrogens (tertiary/aromatic N) is 2. The largest absolute Gasteiger partial charge is 0.490 e. The number of nitrogens with one attached hydrogen (secondary N) is 2. The Bertz CT molecular complexity index is 635. The smallest absolute Gasteiger partial charge is 0.205 e. The van der Waals surface area contributed by atoms with Crippen molar-refractivity contribution in [2.24, 2.45) is 5.84 Å². The van der Waals surface area contributed by atoms with Crippen LogP contribution in [0.25, 0.3) is 0 Å². The second kappa shape index (κ2) is 5.66. The molecule has 8 heteroatoms. The van der Waals surface area contributed by atoms with E-state index in [1.807, 2.05) is 0 Å². The van der Waals surface area contributed by atoms with E-state index >= 15 is 0 Å². The van der Waals surface area contributed by atoms with Crippen LogP contribution in [0.1, 0.15) is 5.56 Å². The highest BCUT2D eigenvalue weighted by atomic mass is 19.1. The van der Waals surface area contributed by atoms with E-state index in [2.05, 4.69) is 20.7 Å². The number of halogens is 2. The topological polar surface area (TPSA) is 85.1 Å². The molecule has 20 heavy (non-hydrogen) atoms. The summed E-state index contributed by atoms with van der Waals surface area (Å²) >= 11 is 0. The number of hydrogen-bond donors (Lipinski definition) is 3. The summed E-state index contributed by atoms with van der Waals surface area (Å²) in [6.45, 7) is 1.48. The van der Waals surface area contributed by atoms with Gasteiger partial charge in [-0.1, -0.05) is 0 Å². The molecule has 0 spiro atoms. The summed E-state index contributed by atoms with van der Waals surface area (Å²) < 4.78 is 32.4. The highest BCUT2D eigenvalue weighted by Gasteiger charge is 2.14. The van der Waals surface area contributed by atoms with E-state index in [1.165, 1.54) is 20.4 Å². The Kier molecular flexibility index (Phi) is 3.94. The third-order valence-corrected chi connectivity index (χ3v) is 2.65. The number of aryl methyl sites for hydroxylation is 1. The predicted molar refractivity (Wildman–Crippen MR) is 70.8 cm³/mol. The van der Waals surface area contributed by atoms with Gasteiger partial charge in [0.25, 0.3) is 0 Å². The van der Waals surface area contributed by atoms with Gasteiger partial charge >= 0.3 is 0 Å². The molecule has 6 nitrogen and oxygen atoms in total. The average Bonchev–Trinajstić information content (AvgIpc) is 2.44. The summed E-state index contributed by atoms with van der Waals surface area (Å²) in [6.07, 6.45) is 1.21.